The number of carbonyl (C=O) groups is 2. The minimum atomic E-state index is -0.854. The van der Waals surface area contributed by atoms with Gasteiger partial charge in [0.05, 0.1) is 40.4 Å². The number of halogens is 2. The van der Waals surface area contributed by atoms with E-state index in [-0.39, 0.29) is 29.6 Å². The Balaban J connectivity index is 1.32. The molecule has 1 fully saturated rings. The van der Waals surface area contributed by atoms with Crippen molar-refractivity contribution in [3.8, 4) is 17.5 Å². The maximum Gasteiger partial charge on any atom is 0.248 e. The van der Waals surface area contributed by atoms with Crippen molar-refractivity contribution in [2.45, 2.75) is 50.8 Å². The van der Waals surface area contributed by atoms with Crippen molar-refractivity contribution in [1.29, 1.82) is 0 Å². The second-order valence-corrected chi connectivity index (χ2v) is 13.1. The highest BCUT2D eigenvalue weighted by Crippen LogP contribution is 2.30. The Hall–Kier alpha value is -3.14. The Morgan fingerprint density at radius 3 is 2.49 bits per heavy atom. The highest BCUT2D eigenvalue weighted by atomic mass is 35.5. The number of carbonyl (C=O) groups excluding carboxylic acids is 2. The van der Waals surface area contributed by atoms with Gasteiger partial charge in [0.15, 0.2) is 0 Å². The van der Waals surface area contributed by atoms with E-state index in [1.165, 1.54) is 16.4 Å². The Morgan fingerprint density at radius 2 is 1.81 bits per heavy atom. The van der Waals surface area contributed by atoms with Crippen LogP contribution in [-0.4, -0.2) is 81.2 Å². The summed E-state index contributed by atoms with van der Waals surface area (Å²) in [5.41, 5.74) is 1.89. The van der Waals surface area contributed by atoms with Crippen LogP contribution in [0.4, 0.5) is 5.69 Å². The molecule has 43 heavy (non-hydrogen) atoms. The number of tetrazole rings is 1. The molecule has 0 atom stereocenters. The van der Waals surface area contributed by atoms with Crippen molar-refractivity contribution in [1.82, 2.24) is 25.1 Å². The number of aromatic nitrogens is 4. The van der Waals surface area contributed by atoms with Crippen LogP contribution in [0.15, 0.2) is 41.6 Å². The van der Waals surface area contributed by atoms with Crippen molar-refractivity contribution < 1.29 is 19.1 Å². The van der Waals surface area contributed by atoms with Crippen molar-refractivity contribution in [3.63, 3.8) is 0 Å². The van der Waals surface area contributed by atoms with E-state index in [9.17, 15) is 9.59 Å². The smallest absolute Gasteiger partial charge is 0.248 e. The standard InChI is InChI=1S/C30H34Cl2N6O4S/c1-29(2,3)21-7-9-25(23(32)17-21)38-28(34-35-36-38)43-19-26(39)33-24-8-6-20(16-22(24)31)10-11-30(4,5)42-18-27(40)37-12-14-41-15-13-37/h6-9,16-17H,12-15,18-19H2,1-5H3,(H,33,39). The average molecular weight is 646 g/mol. The van der Waals surface area contributed by atoms with Gasteiger partial charge in [-0.2, -0.15) is 4.68 Å². The van der Waals surface area contributed by atoms with E-state index in [0.717, 1.165) is 5.56 Å². The van der Waals surface area contributed by atoms with Crippen LogP contribution in [0.1, 0.15) is 45.7 Å². The Labute approximate surface area is 265 Å². The van der Waals surface area contributed by atoms with Crippen LogP contribution in [0, 0.1) is 11.8 Å². The Kier molecular flexibility index (Phi) is 10.7. The normalized spacial score (nSPS) is 13.8. The molecule has 2 aromatic carbocycles. The summed E-state index contributed by atoms with van der Waals surface area (Å²) in [6.45, 7) is 12.1. The van der Waals surface area contributed by atoms with Crippen LogP contribution in [0.3, 0.4) is 0 Å². The molecule has 0 saturated carbocycles. The van der Waals surface area contributed by atoms with Gasteiger partial charge in [0.2, 0.25) is 17.0 Å². The fourth-order valence-corrected chi connectivity index (χ4v) is 5.15. The fourth-order valence-electron chi connectivity index (χ4n) is 3.98. The number of hydrogen-bond donors (Lipinski definition) is 1. The lowest BCUT2D eigenvalue weighted by atomic mass is 9.87. The lowest BCUT2D eigenvalue weighted by Gasteiger charge is -2.28. The quantitative estimate of drug-likeness (QED) is 0.269. The topological polar surface area (TPSA) is 111 Å². The first-order chi connectivity index (χ1) is 20.3. The molecule has 3 aromatic rings. The van der Waals surface area contributed by atoms with Gasteiger partial charge in [-0.3, -0.25) is 9.59 Å². The van der Waals surface area contributed by atoms with Crippen LogP contribution in [0.25, 0.3) is 5.69 Å². The molecule has 0 aliphatic carbocycles. The third-order valence-electron chi connectivity index (χ3n) is 6.49. The minimum Gasteiger partial charge on any atom is -0.378 e. The molecule has 2 amide bonds. The molecular formula is C30H34Cl2N6O4S. The Morgan fingerprint density at radius 1 is 1.07 bits per heavy atom. The summed E-state index contributed by atoms with van der Waals surface area (Å²) in [6, 6.07) is 10.9. The van der Waals surface area contributed by atoms with E-state index >= 15 is 0 Å². The maximum absolute atomic E-state index is 12.7. The van der Waals surface area contributed by atoms with E-state index < -0.39 is 5.60 Å². The molecule has 13 heteroatoms. The summed E-state index contributed by atoms with van der Waals surface area (Å²) < 4.78 is 12.6. The van der Waals surface area contributed by atoms with Crippen molar-refractivity contribution in [3.05, 3.63) is 57.6 Å². The summed E-state index contributed by atoms with van der Waals surface area (Å²) in [6.07, 6.45) is 0. The molecule has 0 bridgehead atoms. The number of benzene rings is 2. The molecular weight excluding hydrogens is 611 g/mol. The summed E-state index contributed by atoms with van der Waals surface area (Å²) in [5, 5.41) is 15.9. The number of amides is 2. The Bertz CT molecular complexity index is 1540. The number of morpholine rings is 1. The van der Waals surface area contributed by atoms with E-state index in [1.54, 1.807) is 36.9 Å². The summed E-state index contributed by atoms with van der Waals surface area (Å²) in [7, 11) is 0. The number of anilines is 1. The first-order valence-corrected chi connectivity index (χ1v) is 15.4. The number of nitrogens with one attached hydrogen (secondary N) is 1. The van der Waals surface area contributed by atoms with Gasteiger partial charge in [0, 0.05) is 18.7 Å². The second-order valence-electron chi connectivity index (χ2n) is 11.4. The average Bonchev–Trinajstić information content (AvgIpc) is 3.43. The number of thioether (sulfide) groups is 1. The zero-order valence-corrected chi connectivity index (χ0v) is 27.1. The van der Waals surface area contributed by atoms with Gasteiger partial charge >= 0.3 is 0 Å². The summed E-state index contributed by atoms with van der Waals surface area (Å²) in [5.74, 6) is 5.75. The highest BCUT2D eigenvalue weighted by Gasteiger charge is 2.22. The van der Waals surface area contributed by atoms with Crippen LogP contribution in [-0.2, 0) is 24.5 Å². The number of rotatable bonds is 8. The third-order valence-corrected chi connectivity index (χ3v) is 8.02. The van der Waals surface area contributed by atoms with Gasteiger partial charge in [0.1, 0.15) is 12.2 Å². The predicted molar refractivity (Wildman–Crippen MR) is 168 cm³/mol. The predicted octanol–water partition coefficient (Wildman–Crippen LogP) is 5.00. The van der Waals surface area contributed by atoms with Crippen molar-refractivity contribution in [2.75, 3.05) is 44.0 Å². The van der Waals surface area contributed by atoms with E-state index in [0.29, 0.717) is 58.4 Å². The molecule has 0 radical (unpaired) electrons. The SMILES string of the molecule is CC(C)(C#Cc1ccc(NC(=O)CSc2nnnn2-c2ccc(C(C)(C)C)cc2Cl)c(Cl)c1)OCC(=O)N1CCOCC1. The third kappa shape index (κ3) is 9.17. The van der Waals surface area contributed by atoms with Gasteiger partial charge < -0.3 is 19.7 Å². The van der Waals surface area contributed by atoms with Crippen LogP contribution in [0.2, 0.25) is 10.0 Å². The van der Waals surface area contributed by atoms with Crippen LogP contribution < -0.4 is 5.32 Å². The molecule has 2 heterocycles. The number of ether oxygens (including phenoxy) is 2. The van der Waals surface area contributed by atoms with Gasteiger partial charge in [0.25, 0.3) is 0 Å². The molecule has 0 spiro atoms. The molecule has 4 rings (SSSR count). The fraction of sp³-hybridized carbons (Fsp3) is 0.433. The van der Waals surface area contributed by atoms with Gasteiger partial charge in [-0.15, -0.1) is 5.10 Å². The highest BCUT2D eigenvalue weighted by molar-refractivity contribution is 7.99. The van der Waals surface area contributed by atoms with Crippen LogP contribution >= 0.6 is 35.0 Å². The monoisotopic (exact) mass is 644 g/mol. The first kappa shape index (κ1) is 32.8. The maximum atomic E-state index is 12.7. The van der Waals surface area contributed by atoms with Crippen molar-refractivity contribution >= 4 is 52.5 Å². The zero-order chi connectivity index (χ0) is 31.2. The van der Waals surface area contributed by atoms with Gasteiger partial charge in [-0.05, 0) is 65.6 Å². The lowest BCUT2D eigenvalue weighted by Crippen LogP contribution is -2.43. The molecule has 1 aliphatic heterocycles. The van der Waals surface area contributed by atoms with Gasteiger partial charge in [-0.25, -0.2) is 0 Å². The molecule has 0 unspecified atom stereocenters. The number of hydrogen-bond acceptors (Lipinski definition) is 8. The zero-order valence-electron chi connectivity index (χ0n) is 24.7. The first-order valence-electron chi connectivity index (χ1n) is 13.7. The molecule has 1 saturated heterocycles. The molecule has 1 aromatic heterocycles. The van der Waals surface area contributed by atoms with E-state index in [4.69, 9.17) is 32.7 Å². The molecule has 10 nitrogen and oxygen atoms in total. The molecule has 1 aliphatic rings. The van der Waals surface area contributed by atoms with E-state index in [2.05, 4.69) is 53.5 Å². The summed E-state index contributed by atoms with van der Waals surface area (Å²) in [4.78, 5) is 26.8. The minimum absolute atomic E-state index is 0.0463. The van der Waals surface area contributed by atoms with Crippen LogP contribution in [0.5, 0.6) is 0 Å². The molecule has 1 N–H and O–H groups in total. The number of nitrogens with zero attached hydrogens (tertiary/aromatic N) is 5. The van der Waals surface area contributed by atoms with E-state index in [1.807, 2.05) is 18.2 Å². The van der Waals surface area contributed by atoms with Gasteiger partial charge in [-0.1, -0.05) is 73.6 Å². The largest absolute Gasteiger partial charge is 0.378 e. The lowest BCUT2D eigenvalue weighted by molar-refractivity contribution is -0.143. The summed E-state index contributed by atoms with van der Waals surface area (Å²) >= 11 is 14.2. The molecule has 228 valence electrons. The second kappa shape index (κ2) is 14.1. The van der Waals surface area contributed by atoms with Crippen molar-refractivity contribution in [2.24, 2.45) is 0 Å².